The number of rotatable bonds is 10. The topological polar surface area (TPSA) is 95.6 Å². The van der Waals surface area contributed by atoms with Crippen LogP contribution in [0.15, 0.2) is 55.1 Å². The Morgan fingerprint density at radius 3 is 2.55 bits per heavy atom. The molecule has 2 rings (SSSR count). The van der Waals surface area contributed by atoms with E-state index < -0.39 is 10.0 Å². The number of sulfonamides is 1. The van der Waals surface area contributed by atoms with Crippen molar-refractivity contribution in [2.24, 2.45) is 0 Å². The van der Waals surface area contributed by atoms with Crippen LogP contribution in [0.5, 0.6) is 0 Å². The van der Waals surface area contributed by atoms with Crippen molar-refractivity contribution in [1.82, 2.24) is 5.32 Å². The summed E-state index contributed by atoms with van der Waals surface area (Å²) < 4.78 is 25.8. The van der Waals surface area contributed by atoms with Crippen LogP contribution in [0, 0.1) is 6.92 Å². The lowest BCUT2D eigenvalue weighted by molar-refractivity contribution is -0.116. The molecule has 0 saturated carbocycles. The van der Waals surface area contributed by atoms with Gasteiger partial charge in [-0.3, -0.25) is 13.9 Å². The first kappa shape index (κ1) is 24.4. The number of hydrogen-bond acceptors (Lipinski definition) is 4. The highest BCUT2D eigenvalue weighted by atomic mass is 35.5. The van der Waals surface area contributed by atoms with Gasteiger partial charge in [0, 0.05) is 24.5 Å². The summed E-state index contributed by atoms with van der Waals surface area (Å²) in [7, 11) is -3.56. The second-order valence-electron chi connectivity index (χ2n) is 6.92. The van der Waals surface area contributed by atoms with Gasteiger partial charge in [0.1, 0.15) is 0 Å². The molecule has 2 amide bonds. The molecule has 0 bridgehead atoms. The Kier molecular flexibility index (Phi) is 8.65. The lowest BCUT2D eigenvalue weighted by Gasteiger charge is -2.24. The van der Waals surface area contributed by atoms with Crippen molar-refractivity contribution in [3.63, 3.8) is 0 Å². The predicted molar refractivity (Wildman–Crippen MR) is 125 cm³/mol. The third-order valence-corrected chi connectivity index (χ3v) is 6.12. The van der Waals surface area contributed by atoms with E-state index in [0.717, 1.165) is 6.26 Å². The van der Waals surface area contributed by atoms with Gasteiger partial charge in [0.15, 0.2) is 0 Å². The first-order valence-corrected chi connectivity index (χ1v) is 11.9. The van der Waals surface area contributed by atoms with E-state index in [0.29, 0.717) is 34.1 Å². The number of amides is 2. The second kappa shape index (κ2) is 11.0. The van der Waals surface area contributed by atoms with E-state index in [1.807, 2.05) is 0 Å². The van der Waals surface area contributed by atoms with Crippen molar-refractivity contribution in [2.45, 2.75) is 19.8 Å². The molecule has 9 heteroatoms. The highest BCUT2D eigenvalue weighted by Crippen LogP contribution is 2.28. The molecule has 166 valence electrons. The standard InChI is InChI=1S/C22H26ClN3O4S/c1-4-14-24-22(28)17-9-5-6-11-19(17)25-21(27)13-8-15-26(31(3,29)30)20-12-7-10-18(23)16(20)2/h4-7,9-12H,1,8,13-15H2,2-3H3,(H,24,28)(H,25,27). The van der Waals surface area contributed by atoms with E-state index in [1.54, 1.807) is 55.5 Å². The van der Waals surface area contributed by atoms with Gasteiger partial charge in [-0.2, -0.15) is 0 Å². The minimum Gasteiger partial charge on any atom is -0.349 e. The zero-order chi connectivity index (χ0) is 23.0. The van der Waals surface area contributed by atoms with Gasteiger partial charge in [-0.05, 0) is 43.2 Å². The fourth-order valence-electron chi connectivity index (χ4n) is 2.98. The van der Waals surface area contributed by atoms with E-state index in [-0.39, 0.29) is 31.2 Å². The van der Waals surface area contributed by atoms with Gasteiger partial charge < -0.3 is 10.6 Å². The van der Waals surface area contributed by atoms with Gasteiger partial charge >= 0.3 is 0 Å². The monoisotopic (exact) mass is 463 g/mol. The molecule has 0 aliphatic heterocycles. The quantitative estimate of drug-likeness (QED) is 0.524. The molecule has 0 aliphatic carbocycles. The predicted octanol–water partition coefficient (Wildman–Crippen LogP) is 3.75. The Hall–Kier alpha value is -2.84. The lowest BCUT2D eigenvalue weighted by Crippen LogP contribution is -2.32. The van der Waals surface area contributed by atoms with E-state index in [2.05, 4.69) is 17.2 Å². The minimum atomic E-state index is -3.56. The lowest BCUT2D eigenvalue weighted by atomic mass is 10.1. The summed E-state index contributed by atoms with van der Waals surface area (Å²) in [4.78, 5) is 24.7. The SMILES string of the molecule is C=CCNC(=O)c1ccccc1NC(=O)CCCN(c1cccc(Cl)c1C)S(C)(=O)=O. The Bertz CT molecular complexity index is 1070. The Morgan fingerprint density at radius 2 is 1.87 bits per heavy atom. The van der Waals surface area contributed by atoms with Crippen molar-refractivity contribution in [3.8, 4) is 0 Å². The van der Waals surface area contributed by atoms with Crippen LogP contribution in [-0.2, 0) is 14.8 Å². The van der Waals surface area contributed by atoms with E-state index >= 15 is 0 Å². The van der Waals surface area contributed by atoms with Crippen molar-refractivity contribution in [1.29, 1.82) is 0 Å². The Morgan fingerprint density at radius 1 is 1.16 bits per heavy atom. The zero-order valence-electron chi connectivity index (χ0n) is 17.5. The summed E-state index contributed by atoms with van der Waals surface area (Å²) in [5, 5.41) is 5.87. The average molecular weight is 464 g/mol. The van der Waals surface area contributed by atoms with Crippen molar-refractivity contribution >= 4 is 44.8 Å². The average Bonchev–Trinajstić information content (AvgIpc) is 2.71. The number of carbonyl (C=O) groups is 2. The van der Waals surface area contributed by atoms with E-state index in [4.69, 9.17) is 11.6 Å². The molecule has 0 radical (unpaired) electrons. The van der Waals surface area contributed by atoms with Crippen LogP contribution in [0.4, 0.5) is 11.4 Å². The molecule has 31 heavy (non-hydrogen) atoms. The molecular formula is C22H26ClN3O4S. The van der Waals surface area contributed by atoms with Crippen LogP contribution in [-0.4, -0.2) is 39.6 Å². The van der Waals surface area contributed by atoms with Gasteiger partial charge in [0.05, 0.1) is 23.2 Å². The Labute approximate surface area is 188 Å². The molecule has 0 spiro atoms. The largest absolute Gasteiger partial charge is 0.349 e. The molecule has 7 nitrogen and oxygen atoms in total. The third-order valence-electron chi connectivity index (χ3n) is 4.53. The maximum atomic E-state index is 12.4. The normalized spacial score (nSPS) is 10.9. The summed E-state index contributed by atoms with van der Waals surface area (Å²) in [5.74, 6) is -0.643. The number of nitrogens with zero attached hydrogens (tertiary/aromatic N) is 1. The minimum absolute atomic E-state index is 0.0776. The molecule has 0 aliphatic rings. The number of hydrogen-bond donors (Lipinski definition) is 2. The van der Waals surface area contributed by atoms with E-state index in [9.17, 15) is 18.0 Å². The maximum Gasteiger partial charge on any atom is 0.253 e. The fraction of sp³-hybridized carbons (Fsp3) is 0.273. The van der Waals surface area contributed by atoms with Crippen LogP contribution < -0.4 is 14.9 Å². The van der Waals surface area contributed by atoms with Crippen LogP contribution in [0.25, 0.3) is 0 Å². The molecule has 0 heterocycles. The number of carbonyl (C=O) groups excluding carboxylic acids is 2. The van der Waals surface area contributed by atoms with Crippen LogP contribution >= 0.6 is 11.6 Å². The molecule has 0 atom stereocenters. The van der Waals surface area contributed by atoms with Gasteiger partial charge in [-0.1, -0.05) is 35.9 Å². The van der Waals surface area contributed by atoms with Crippen molar-refractivity contribution in [2.75, 3.05) is 29.0 Å². The Balaban J connectivity index is 2.05. The first-order chi connectivity index (χ1) is 14.6. The molecule has 0 unspecified atom stereocenters. The molecule has 0 aromatic heterocycles. The molecule has 0 fully saturated rings. The van der Waals surface area contributed by atoms with Gasteiger partial charge in [0.25, 0.3) is 5.91 Å². The number of para-hydroxylation sites is 1. The smallest absolute Gasteiger partial charge is 0.253 e. The van der Waals surface area contributed by atoms with Crippen molar-refractivity contribution in [3.05, 3.63) is 71.3 Å². The summed E-state index contributed by atoms with van der Waals surface area (Å²) in [5.41, 5.74) is 1.86. The number of anilines is 2. The molecule has 0 saturated heterocycles. The fourth-order valence-corrected chi connectivity index (χ4v) is 4.16. The summed E-state index contributed by atoms with van der Waals surface area (Å²) in [6, 6.07) is 11.7. The third kappa shape index (κ3) is 6.83. The number of benzene rings is 2. The van der Waals surface area contributed by atoms with Gasteiger partial charge in [-0.25, -0.2) is 8.42 Å². The van der Waals surface area contributed by atoms with Crippen LogP contribution in [0.1, 0.15) is 28.8 Å². The van der Waals surface area contributed by atoms with Crippen LogP contribution in [0.3, 0.4) is 0 Å². The summed E-state index contributed by atoms with van der Waals surface area (Å²) >= 11 is 6.13. The highest BCUT2D eigenvalue weighted by Gasteiger charge is 2.20. The number of halogens is 1. The van der Waals surface area contributed by atoms with Crippen molar-refractivity contribution < 1.29 is 18.0 Å². The first-order valence-electron chi connectivity index (χ1n) is 9.66. The zero-order valence-corrected chi connectivity index (χ0v) is 19.1. The number of nitrogens with one attached hydrogen (secondary N) is 2. The second-order valence-corrected chi connectivity index (χ2v) is 9.23. The molecule has 2 aromatic carbocycles. The van der Waals surface area contributed by atoms with Gasteiger partial charge in [0.2, 0.25) is 15.9 Å². The van der Waals surface area contributed by atoms with Gasteiger partial charge in [-0.15, -0.1) is 6.58 Å². The molecule has 2 aromatic rings. The van der Waals surface area contributed by atoms with Crippen LogP contribution in [0.2, 0.25) is 5.02 Å². The highest BCUT2D eigenvalue weighted by molar-refractivity contribution is 7.92. The molecular weight excluding hydrogens is 438 g/mol. The molecule has 2 N–H and O–H groups in total. The maximum absolute atomic E-state index is 12.4. The summed E-state index contributed by atoms with van der Waals surface area (Å²) in [6.45, 7) is 5.73. The van der Waals surface area contributed by atoms with E-state index in [1.165, 1.54) is 4.31 Å². The summed E-state index contributed by atoms with van der Waals surface area (Å²) in [6.07, 6.45) is 3.05.